The fourth-order valence-electron chi connectivity index (χ4n) is 2.50. The summed E-state index contributed by atoms with van der Waals surface area (Å²) in [7, 11) is 0. The number of nitrogens with one attached hydrogen (secondary N) is 1. The third kappa shape index (κ3) is 3.19. The lowest BCUT2D eigenvalue weighted by molar-refractivity contribution is -0.123. The van der Waals surface area contributed by atoms with Crippen molar-refractivity contribution in [1.29, 1.82) is 0 Å². The van der Waals surface area contributed by atoms with E-state index in [0.29, 0.717) is 19.1 Å². The first kappa shape index (κ1) is 15.0. The highest BCUT2D eigenvalue weighted by atomic mass is 16.5. The number of rotatable bonds is 6. The van der Waals surface area contributed by atoms with E-state index in [1.54, 1.807) is 12.5 Å². The van der Waals surface area contributed by atoms with Gasteiger partial charge in [0.1, 0.15) is 6.04 Å². The monoisotopic (exact) mass is 280 g/mol. The molecule has 1 aromatic heterocycles. The molecule has 1 aromatic rings. The van der Waals surface area contributed by atoms with Gasteiger partial charge < -0.3 is 20.4 Å². The Balaban J connectivity index is 2.08. The molecule has 0 spiro atoms. The van der Waals surface area contributed by atoms with Gasteiger partial charge in [0, 0.05) is 25.3 Å². The Morgan fingerprint density at radius 2 is 2.50 bits per heavy atom. The molecule has 6 heteroatoms. The van der Waals surface area contributed by atoms with Crippen molar-refractivity contribution >= 4 is 5.91 Å². The Bertz CT molecular complexity index is 440. The van der Waals surface area contributed by atoms with Crippen molar-refractivity contribution < 1.29 is 9.53 Å². The highest BCUT2D eigenvalue weighted by Gasteiger charge is 2.28. The van der Waals surface area contributed by atoms with Crippen molar-refractivity contribution in [1.82, 2.24) is 14.9 Å². The molecular formula is C14H24N4O2. The van der Waals surface area contributed by atoms with Gasteiger partial charge in [0.25, 0.3) is 0 Å². The zero-order valence-corrected chi connectivity index (χ0v) is 12.2. The SMILES string of the molecule is CCCNC(=O)C(C)n1cncc1C(N)C1CCOC1. The summed E-state index contributed by atoms with van der Waals surface area (Å²) in [4.78, 5) is 16.2. The molecular weight excluding hydrogens is 256 g/mol. The summed E-state index contributed by atoms with van der Waals surface area (Å²) in [5.74, 6) is 0.303. The summed E-state index contributed by atoms with van der Waals surface area (Å²) < 4.78 is 7.26. The number of amides is 1. The topological polar surface area (TPSA) is 82.2 Å². The fourth-order valence-corrected chi connectivity index (χ4v) is 2.50. The molecule has 1 amide bonds. The second kappa shape index (κ2) is 6.85. The van der Waals surface area contributed by atoms with Crippen LogP contribution >= 0.6 is 0 Å². The lowest BCUT2D eigenvalue weighted by Gasteiger charge is -2.22. The highest BCUT2D eigenvalue weighted by molar-refractivity contribution is 5.79. The van der Waals surface area contributed by atoms with E-state index < -0.39 is 0 Å². The number of aromatic nitrogens is 2. The average molecular weight is 280 g/mol. The molecule has 3 atom stereocenters. The van der Waals surface area contributed by atoms with Crippen LogP contribution < -0.4 is 11.1 Å². The van der Waals surface area contributed by atoms with E-state index >= 15 is 0 Å². The molecule has 112 valence electrons. The first-order valence-corrected chi connectivity index (χ1v) is 7.28. The molecule has 3 N–H and O–H groups in total. The minimum atomic E-state index is -0.299. The molecule has 0 aliphatic carbocycles. The maximum Gasteiger partial charge on any atom is 0.242 e. The molecule has 6 nitrogen and oxygen atoms in total. The van der Waals surface area contributed by atoms with E-state index in [1.165, 1.54) is 0 Å². The van der Waals surface area contributed by atoms with Gasteiger partial charge in [-0.1, -0.05) is 6.92 Å². The fraction of sp³-hybridized carbons (Fsp3) is 0.714. The molecule has 2 heterocycles. The van der Waals surface area contributed by atoms with Crippen LogP contribution in [0.2, 0.25) is 0 Å². The zero-order chi connectivity index (χ0) is 14.5. The van der Waals surface area contributed by atoms with Crippen molar-refractivity contribution in [3.8, 4) is 0 Å². The van der Waals surface area contributed by atoms with Crippen LogP contribution in [0.3, 0.4) is 0 Å². The van der Waals surface area contributed by atoms with Gasteiger partial charge in [0.05, 0.1) is 24.7 Å². The van der Waals surface area contributed by atoms with Crippen molar-refractivity contribution in [2.45, 2.75) is 38.8 Å². The maximum atomic E-state index is 12.1. The first-order valence-electron chi connectivity index (χ1n) is 7.28. The predicted molar refractivity (Wildman–Crippen MR) is 76.1 cm³/mol. The summed E-state index contributed by atoms with van der Waals surface area (Å²) in [5.41, 5.74) is 7.21. The molecule has 1 aliphatic heterocycles. The Morgan fingerprint density at radius 1 is 1.70 bits per heavy atom. The van der Waals surface area contributed by atoms with Gasteiger partial charge >= 0.3 is 0 Å². The first-order chi connectivity index (χ1) is 9.65. The van der Waals surface area contributed by atoms with E-state index in [0.717, 1.165) is 25.1 Å². The molecule has 20 heavy (non-hydrogen) atoms. The summed E-state index contributed by atoms with van der Waals surface area (Å²) in [6.07, 6.45) is 5.32. The van der Waals surface area contributed by atoms with Crippen molar-refractivity contribution in [2.75, 3.05) is 19.8 Å². The quantitative estimate of drug-likeness (QED) is 0.814. The number of hydrogen-bond donors (Lipinski definition) is 2. The Hall–Kier alpha value is -1.40. The maximum absolute atomic E-state index is 12.1. The molecule has 2 rings (SSSR count). The van der Waals surface area contributed by atoms with Crippen LogP contribution in [0.5, 0.6) is 0 Å². The van der Waals surface area contributed by atoms with E-state index in [4.69, 9.17) is 10.5 Å². The molecule has 0 radical (unpaired) electrons. The largest absolute Gasteiger partial charge is 0.381 e. The Kier molecular flexibility index (Phi) is 5.14. The highest BCUT2D eigenvalue weighted by Crippen LogP contribution is 2.27. The lowest BCUT2D eigenvalue weighted by Crippen LogP contribution is -2.33. The Labute approximate surface area is 119 Å². The second-order valence-corrected chi connectivity index (χ2v) is 5.34. The normalized spacial score (nSPS) is 21.6. The number of nitrogens with zero attached hydrogens (tertiary/aromatic N) is 2. The number of hydrogen-bond acceptors (Lipinski definition) is 4. The van der Waals surface area contributed by atoms with Crippen LogP contribution in [0.25, 0.3) is 0 Å². The van der Waals surface area contributed by atoms with Gasteiger partial charge in [-0.25, -0.2) is 4.98 Å². The van der Waals surface area contributed by atoms with Crippen LogP contribution in [0.4, 0.5) is 0 Å². The van der Waals surface area contributed by atoms with Gasteiger partial charge in [0.2, 0.25) is 5.91 Å². The smallest absolute Gasteiger partial charge is 0.242 e. The van der Waals surface area contributed by atoms with Gasteiger partial charge in [-0.15, -0.1) is 0 Å². The number of imidazole rings is 1. The summed E-state index contributed by atoms with van der Waals surface area (Å²) in [5, 5.41) is 2.90. The molecule has 1 fully saturated rings. The third-order valence-corrected chi connectivity index (χ3v) is 3.86. The zero-order valence-electron chi connectivity index (χ0n) is 12.2. The minimum Gasteiger partial charge on any atom is -0.381 e. The van der Waals surface area contributed by atoms with Crippen molar-refractivity contribution in [3.63, 3.8) is 0 Å². The van der Waals surface area contributed by atoms with Crippen LogP contribution in [-0.4, -0.2) is 35.2 Å². The third-order valence-electron chi connectivity index (χ3n) is 3.86. The number of ether oxygens (including phenoxy) is 1. The number of carbonyl (C=O) groups excluding carboxylic acids is 1. The lowest BCUT2D eigenvalue weighted by atomic mass is 9.97. The second-order valence-electron chi connectivity index (χ2n) is 5.34. The molecule has 0 aromatic carbocycles. The predicted octanol–water partition coefficient (Wildman–Crippen LogP) is 1.01. The van der Waals surface area contributed by atoms with Crippen molar-refractivity contribution in [3.05, 3.63) is 18.2 Å². The van der Waals surface area contributed by atoms with Crippen LogP contribution in [0.1, 0.15) is 44.5 Å². The van der Waals surface area contributed by atoms with E-state index in [1.807, 2.05) is 18.4 Å². The molecule has 1 saturated heterocycles. The molecule has 0 bridgehead atoms. The average Bonchev–Trinajstić information content (AvgIpc) is 3.13. The summed E-state index contributed by atoms with van der Waals surface area (Å²) in [6.45, 7) is 6.04. The van der Waals surface area contributed by atoms with E-state index in [9.17, 15) is 4.79 Å². The standard InChI is InChI=1S/C14H24N4O2/c1-3-5-17-14(19)10(2)18-9-16-7-12(18)13(15)11-4-6-20-8-11/h7,9-11,13H,3-6,8,15H2,1-2H3,(H,17,19). The summed E-state index contributed by atoms with van der Waals surface area (Å²) in [6, 6.07) is -0.436. The van der Waals surface area contributed by atoms with Gasteiger partial charge in [0.15, 0.2) is 0 Å². The van der Waals surface area contributed by atoms with E-state index in [-0.39, 0.29) is 18.0 Å². The molecule has 0 saturated carbocycles. The van der Waals surface area contributed by atoms with Crippen LogP contribution in [0.15, 0.2) is 12.5 Å². The van der Waals surface area contributed by atoms with E-state index in [2.05, 4.69) is 10.3 Å². The van der Waals surface area contributed by atoms with Gasteiger partial charge in [-0.3, -0.25) is 4.79 Å². The number of nitrogens with two attached hydrogens (primary N) is 1. The summed E-state index contributed by atoms with van der Waals surface area (Å²) >= 11 is 0. The number of carbonyl (C=O) groups is 1. The molecule has 1 aliphatic rings. The minimum absolute atomic E-state index is 0.000900. The molecule has 3 unspecified atom stereocenters. The van der Waals surface area contributed by atoms with Crippen molar-refractivity contribution in [2.24, 2.45) is 11.7 Å². The van der Waals surface area contributed by atoms with Gasteiger partial charge in [-0.05, 0) is 19.8 Å². The Morgan fingerprint density at radius 3 is 3.15 bits per heavy atom. The van der Waals surface area contributed by atoms with Crippen LogP contribution in [0, 0.1) is 5.92 Å². The van der Waals surface area contributed by atoms with Crippen LogP contribution in [-0.2, 0) is 9.53 Å². The van der Waals surface area contributed by atoms with Gasteiger partial charge in [-0.2, -0.15) is 0 Å².